The molecule has 3 N–H and O–H groups in total. The summed E-state index contributed by atoms with van der Waals surface area (Å²) in [7, 11) is 3.95. The van der Waals surface area contributed by atoms with Crippen molar-refractivity contribution in [2.75, 3.05) is 24.3 Å². The summed E-state index contributed by atoms with van der Waals surface area (Å²) in [6, 6.07) is 8.79. The Morgan fingerprint density at radius 1 is 1.33 bits per heavy atom. The normalized spacial score (nSPS) is 13.2. The van der Waals surface area contributed by atoms with Crippen LogP contribution in [-0.4, -0.2) is 31.3 Å². The third-order valence-corrected chi connectivity index (χ3v) is 3.80. The highest BCUT2D eigenvalue weighted by molar-refractivity contribution is 5.90. The number of benzene rings is 1. The SMILES string of the molecule is Cc1cc(N(C)C)ccc1NC(=O)NC(C)CC(O)c1ccco1. The second-order valence-electron chi connectivity index (χ2n) is 6.16. The van der Waals surface area contributed by atoms with E-state index in [9.17, 15) is 9.90 Å². The summed E-state index contributed by atoms with van der Waals surface area (Å²) in [5.74, 6) is 0.499. The van der Waals surface area contributed by atoms with Gasteiger partial charge in [-0.05, 0) is 49.7 Å². The van der Waals surface area contributed by atoms with Gasteiger partial charge < -0.3 is 25.1 Å². The van der Waals surface area contributed by atoms with Crippen LogP contribution in [0.1, 0.15) is 30.8 Å². The van der Waals surface area contributed by atoms with E-state index in [0.717, 1.165) is 16.9 Å². The molecule has 0 spiro atoms. The molecule has 0 bridgehead atoms. The Labute approximate surface area is 142 Å². The zero-order valence-corrected chi connectivity index (χ0v) is 14.5. The Kier molecular flexibility index (Phi) is 5.87. The van der Waals surface area contributed by atoms with Gasteiger partial charge in [-0.3, -0.25) is 0 Å². The fourth-order valence-electron chi connectivity index (χ4n) is 2.44. The van der Waals surface area contributed by atoms with E-state index in [4.69, 9.17) is 4.42 Å². The minimum atomic E-state index is -0.739. The highest BCUT2D eigenvalue weighted by atomic mass is 16.4. The van der Waals surface area contributed by atoms with Crippen molar-refractivity contribution in [3.8, 4) is 0 Å². The van der Waals surface area contributed by atoms with E-state index in [1.54, 1.807) is 12.1 Å². The highest BCUT2D eigenvalue weighted by Crippen LogP contribution is 2.22. The topological polar surface area (TPSA) is 77.7 Å². The zero-order valence-electron chi connectivity index (χ0n) is 14.5. The predicted molar refractivity (Wildman–Crippen MR) is 95.4 cm³/mol. The molecule has 0 saturated heterocycles. The number of hydrogen-bond donors (Lipinski definition) is 3. The Balaban J connectivity index is 1.88. The van der Waals surface area contributed by atoms with Crippen molar-refractivity contribution in [1.82, 2.24) is 5.32 Å². The molecule has 0 radical (unpaired) electrons. The van der Waals surface area contributed by atoms with E-state index >= 15 is 0 Å². The number of carbonyl (C=O) groups excluding carboxylic acids is 1. The number of rotatable bonds is 6. The molecule has 1 heterocycles. The number of aryl methyl sites for hydroxylation is 1. The lowest BCUT2D eigenvalue weighted by Crippen LogP contribution is -2.37. The van der Waals surface area contributed by atoms with Crippen molar-refractivity contribution < 1.29 is 14.3 Å². The van der Waals surface area contributed by atoms with Crippen molar-refractivity contribution in [1.29, 1.82) is 0 Å². The summed E-state index contributed by atoms with van der Waals surface area (Å²) < 4.78 is 5.16. The van der Waals surface area contributed by atoms with Gasteiger partial charge in [0.05, 0.1) is 6.26 Å². The lowest BCUT2D eigenvalue weighted by atomic mass is 10.1. The second kappa shape index (κ2) is 7.88. The molecule has 2 atom stereocenters. The van der Waals surface area contributed by atoms with E-state index in [0.29, 0.717) is 12.2 Å². The van der Waals surface area contributed by atoms with Crippen LogP contribution in [0.3, 0.4) is 0 Å². The van der Waals surface area contributed by atoms with E-state index in [1.807, 2.05) is 51.0 Å². The van der Waals surface area contributed by atoms with Gasteiger partial charge in [-0.1, -0.05) is 0 Å². The zero-order chi connectivity index (χ0) is 17.7. The molecule has 0 aliphatic heterocycles. The molecule has 0 saturated carbocycles. The van der Waals surface area contributed by atoms with Gasteiger partial charge in [0.2, 0.25) is 0 Å². The van der Waals surface area contributed by atoms with E-state index in [2.05, 4.69) is 10.6 Å². The minimum Gasteiger partial charge on any atom is -0.467 e. The number of urea groups is 1. The standard InChI is InChI=1S/C18H25N3O3/c1-12-10-14(21(3)4)7-8-15(12)20-18(23)19-13(2)11-16(22)17-6-5-9-24-17/h5-10,13,16,22H,11H2,1-4H3,(H2,19,20,23). The number of anilines is 2. The molecule has 2 unspecified atom stereocenters. The van der Waals surface area contributed by atoms with Crippen LogP contribution in [-0.2, 0) is 0 Å². The molecule has 24 heavy (non-hydrogen) atoms. The third kappa shape index (κ3) is 4.76. The summed E-state index contributed by atoms with van der Waals surface area (Å²) >= 11 is 0. The quantitative estimate of drug-likeness (QED) is 0.759. The van der Waals surface area contributed by atoms with Gasteiger partial charge in [0.1, 0.15) is 11.9 Å². The number of nitrogens with zero attached hydrogens (tertiary/aromatic N) is 1. The summed E-state index contributed by atoms with van der Waals surface area (Å²) in [4.78, 5) is 14.1. The van der Waals surface area contributed by atoms with Crippen LogP contribution in [0.4, 0.5) is 16.2 Å². The molecular weight excluding hydrogens is 306 g/mol. The predicted octanol–water partition coefficient (Wildman–Crippen LogP) is 3.29. The molecule has 6 heteroatoms. The number of hydrogen-bond acceptors (Lipinski definition) is 4. The van der Waals surface area contributed by atoms with Gasteiger partial charge in [-0.2, -0.15) is 0 Å². The molecule has 0 aliphatic rings. The van der Waals surface area contributed by atoms with Gasteiger partial charge in [0.15, 0.2) is 0 Å². The van der Waals surface area contributed by atoms with Crippen LogP contribution < -0.4 is 15.5 Å². The maximum absolute atomic E-state index is 12.1. The molecule has 1 aromatic carbocycles. The van der Waals surface area contributed by atoms with Gasteiger partial charge in [-0.15, -0.1) is 0 Å². The number of nitrogens with one attached hydrogen (secondary N) is 2. The Bertz CT molecular complexity index is 668. The van der Waals surface area contributed by atoms with Gasteiger partial charge >= 0.3 is 6.03 Å². The average Bonchev–Trinajstić information content (AvgIpc) is 3.03. The highest BCUT2D eigenvalue weighted by Gasteiger charge is 2.16. The largest absolute Gasteiger partial charge is 0.467 e. The van der Waals surface area contributed by atoms with E-state index in [1.165, 1.54) is 6.26 Å². The maximum Gasteiger partial charge on any atom is 0.319 e. The van der Waals surface area contributed by atoms with E-state index < -0.39 is 6.10 Å². The first-order valence-corrected chi connectivity index (χ1v) is 7.93. The maximum atomic E-state index is 12.1. The first-order chi connectivity index (χ1) is 11.4. The summed E-state index contributed by atoms with van der Waals surface area (Å²) in [6.45, 7) is 3.79. The Hall–Kier alpha value is -2.47. The molecule has 2 amide bonds. The van der Waals surface area contributed by atoms with Gasteiger partial charge in [0, 0.05) is 37.9 Å². The van der Waals surface area contributed by atoms with Crippen LogP contribution in [0.5, 0.6) is 0 Å². The average molecular weight is 331 g/mol. The molecular formula is C18H25N3O3. The minimum absolute atomic E-state index is 0.202. The van der Waals surface area contributed by atoms with Crippen molar-refractivity contribution in [2.24, 2.45) is 0 Å². The summed E-state index contributed by atoms with van der Waals surface area (Å²) in [5, 5.41) is 15.7. The number of carbonyl (C=O) groups is 1. The second-order valence-corrected chi connectivity index (χ2v) is 6.16. The number of amides is 2. The molecule has 6 nitrogen and oxygen atoms in total. The van der Waals surface area contributed by atoms with Crippen molar-refractivity contribution in [2.45, 2.75) is 32.4 Å². The summed E-state index contributed by atoms with van der Waals surface area (Å²) in [6.07, 6.45) is 1.15. The molecule has 2 aromatic rings. The lowest BCUT2D eigenvalue weighted by Gasteiger charge is -2.19. The number of furan rings is 1. The molecule has 2 rings (SSSR count). The van der Waals surface area contributed by atoms with Crippen LogP contribution in [0.2, 0.25) is 0 Å². The Morgan fingerprint density at radius 3 is 2.67 bits per heavy atom. The van der Waals surface area contributed by atoms with Crippen LogP contribution in [0, 0.1) is 6.92 Å². The first-order valence-electron chi connectivity index (χ1n) is 7.93. The lowest BCUT2D eigenvalue weighted by molar-refractivity contribution is 0.130. The van der Waals surface area contributed by atoms with Gasteiger partial charge in [0.25, 0.3) is 0 Å². The molecule has 130 valence electrons. The first kappa shape index (κ1) is 17.9. The van der Waals surface area contributed by atoms with Crippen LogP contribution >= 0.6 is 0 Å². The molecule has 0 aliphatic carbocycles. The van der Waals surface area contributed by atoms with Crippen molar-refractivity contribution in [3.63, 3.8) is 0 Å². The van der Waals surface area contributed by atoms with Crippen LogP contribution in [0.15, 0.2) is 41.0 Å². The number of aliphatic hydroxyl groups is 1. The van der Waals surface area contributed by atoms with E-state index in [-0.39, 0.29) is 12.1 Å². The Morgan fingerprint density at radius 2 is 2.08 bits per heavy atom. The fourth-order valence-corrected chi connectivity index (χ4v) is 2.44. The fraction of sp³-hybridized carbons (Fsp3) is 0.389. The molecule has 1 aromatic heterocycles. The van der Waals surface area contributed by atoms with Crippen molar-refractivity contribution >= 4 is 17.4 Å². The molecule has 0 fully saturated rings. The number of aliphatic hydroxyl groups excluding tert-OH is 1. The van der Waals surface area contributed by atoms with Crippen molar-refractivity contribution in [3.05, 3.63) is 47.9 Å². The van der Waals surface area contributed by atoms with Gasteiger partial charge in [-0.25, -0.2) is 4.79 Å². The van der Waals surface area contributed by atoms with Crippen LogP contribution in [0.25, 0.3) is 0 Å². The smallest absolute Gasteiger partial charge is 0.319 e. The summed E-state index contributed by atoms with van der Waals surface area (Å²) in [5.41, 5.74) is 2.82. The monoisotopic (exact) mass is 331 g/mol. The third-order valence-electron chi connectivity index (χ3n) is 3.80.